The summed E-state index contributed by atoms with van der Waals surface area (Å²) in [6, 6.07) is 0. The Hall–Kier alpha value is -0.380. The molecular formula is C18H28O3. The van der Waals surface area contributed by atoms with Crippen molar-refractivity contribution in [2.75, 3.05) is 13.2 Å². The normalized spacial score (nSPS) is 49.0. The Morgan fingerprint density at radius 1 is 1.19 bits per heavy atom. The largest absolute Gasteiger partial charge is 0.392 e. The van der Waals surface area contributed by atoms with Crippen LogP contribution in [0.1, 0.15) is 51.9 Å². The van der Waals surface area contributed by atoms with Crippen molar-refractivity contribution in [3.05, 3.63) is 12.2 Å². The first-order valence-electron chi connectivity index (χ1n) is 8.70. The maximum atomic E-state index is 10.8. The zero-order chi connectivity index (χ0) is 14.7. The predicted octanol–water partition coefficient (Wildman–Crippen LogP) is 3.27. The molecule has 1 aliphatic heterocycles. The summed E-state index contributed by atoms with van der Waals surface area (Å²) in [6.07, 6.45) is 7.53. The fourth-order valence-corrected chi connectivity index (χ4v) is 6.03. The van der Waals surface area contributed by atoms with Crippen molar-refractivity contribution in [2.45, 2.75) is 63.8 Å². The molecule has 0 radical (unpaired) electrons. The lowest BCUT2D eigenvalue weighted by atomic mass is 9.55. The van der Waals surface area contributed by atoms with Crippen molar-refractivity contribution in [1.82, 2.24) is 0 Å². The Labute approximate surface area is 127 Å². The van der Waals surface area contributed by atoms with E-state index in [1.54, 1.807) is 0 Å². The van der Waals surface area contributed by atoms with Gasteiger partial charge in [-0.1, -0.05) is 25.5 Å². The van der Waals surface area contributed by atoms with Crippen LogP contribution in [0.4, 0.5) is 0 Å². The predicted molar refractivity (Wildman–Crippen MR) is 80.7 cm³/mol. The maximum Gasteiger partial charge on any atom is 0.172 e. The summed E-state index contributed by atoms with van der Waals surface area (Å²) in [5, 5.41) is 10.8. The molecule has 21 heavy (non-hydrogen) atoms. The Morgan fingerprint density at radius 2 is 1.95 bits per heavy atom. The minimum absolute atomic E-state index is 0.271. The molecule has 3 aliphatic carbocycles. The highest BCUT2D eigenvalue weighted by Crippen LogP contribution is 2.65. The third-order valence-corrected chi connectivity index (χ3v) is 6.90. The zero-order valence-corrected chi connectivity index (χ0v) is 13.1. The molecule has 3 heteroatoms. The quantitative estimate of drug-likeness (QED) is 0.696. The van der Waals surface area contributed by atoms with Gasteiger partial charge in [0.05, 0.1) is 19.3 Å². The summed E-state index contributed by atoms with van der Waals surface area (Å²) < 4.78 is 12.3. The first kappa shape index (κ1) is 14.2. The molecule has 1 N–H and O–H groups in total. The van der Waals surface area contributed by atoms with E-state index in [2.05, 4.69) is 13.5 Å². The van der Waals surface area contributed by atoms with Crippen LogP contribution < -0.4 is 0 Å². The van der Waals surface area contributed by atoms with Crippen molar-refractivity contribution in [1.29, 1.82) is 0 Å². The Morgan fingerprint density at radius 3 is 2.71 bits per heavy atom. The molecule has 4 fully saturated rings. The molecule has 118 valence electrons. The molecule has 5 atom stereocenters. The van der Waals surface area contributed by atoms with Crippen LogP contribution in [-0.2, 0) is 9.47 Å². The molecule has 2 bridgehead atoms. The van der Waals surface area contributed by atoms with E-state index >= 15 is 0 Å². The second-order valence-electron chi connectivity index (χ2n) is 7.94. The van der Waals surface area contributed by atoms with Crippen LogP contribution in [-0.4, -0.2) is 30.2 Å². The zero-order valence-electron chi connectivity index (χ0n) is 13.1. The lowest BCUT2D eigenvalue weighted by Gasteiger charge is -2.52. The molecule has 3 nitrogen and oxygen atoms in total. The Kier molecular flexibility index (Phi) is 3.26. The summed E-state index contributed by atoms with van der Waals surface area (Å²) >= 11 is 0. The molecule has 4 rings (SSSR count). The van der Waals surface area contributed by atoms with Crippen LogP contribution in [0.15, 0.2) is 12.2 Å². The van der Waals surface area contributed by atoms with Crippen molar-refractivity contribution >= 4 is 0 Å². The van der Waals surface area contributed by atoms with Gasteiger partial charge in [-0.2, -0.15) is 0 Å². The molecule has 1 spiro atoms. The monoisotopic (exact) mass is 292 g/mol. The smallest absolute Gasteiger partial charge is 0.172 e. The first-order chi connectivity index (χ1) is 10.1. The number of aliphatic hydroxyl groups is 1. The second kappa shape index (κ2) is 4.81. The number of ether oxygens (including phenoxy) is 2. The molecule has 0 aromatic rings. The SMILES string of the molecule is C=C1C[C@@H](O)C2CCCC3(CCC4(OCCO4)C23)C[C@@H]1C. The second-order valence-corrected chi connectivity index (χ2v) is 7.94. The van der Waals surface area contributed by atoms with Crippen LogP contribution >= 0.6 is 0 Å². The van der Waals surface area contributed by atoms with E-state index in [0.717, 1.165) is 32.5 Å². The van der Waals surface area contributed by atoms with Gasteiger partial charge in [-0.25, -0.2) is 0 Å². The number of rotatable bonds is 0. The molecule has 3 saturated carbocycles. The average Bonchev–Trinajstić information content (AvgIpc) is 3.05. The number of hydrogen-bond acceptors (Lipinski definition) is 3. The van der Waals surface area contributed by atoms with Crippen LogP contribution in [0.2, 0.25) is 0 Å². The molecule has 1 heterocycles. The summed E-state index contributed by atoms with van der Waals surface area (Å²) in [5.41, 5.74) is 1.54. The molecule has 0 amide bonds. The van der Waals surface area contributed by atoms with E-state index in [1.807, 2.05) is 0 Å². The van der Waals surface area contributed by atoms with Gasteiger partial charge in [0, 0.05) is 12.3 Å². The van der Waals surface area contributed by atoms with Gasteiger partial charge in [-0.15, -0.1) is 0 Å². The molecule has 3 unspecified atom stereocenters. The van der Waals surface area contributed by atoms with Gasteiger partial charge < -0.3 is 14.6 Å². The summed E-state index contributed by atoms with van der Waals surface area (Å²) in [4.78, 5) is 0. The van der Waals surface area contributed by atoms with Crippen molar-refractivity contribution in [3.63, 3.8) is 0 Å². The van der Waals surface area contributed by atoms with Gasteiger partial charge in [0.15, 0.2) is 5.79 Å². The van der Waals surface area contributed by atoms with Crippen LogP contribution in [0.25, 0.3) is 0 Å². The molecule has 0 aromatic heterocycles. The van der Waals surface area contributed by atoms with Crippen LogP contribution in [0.5, 0.6) is 0 Å². The van der Waals surface area contributed by atoms with Gasteiger partial charge in [-0.3, -0.25) is 0 Å². The molecule has 0 aromatic carbocycles. The van der Waals surface area contributed by atoms with Crippen LogP contribution in [0.3, 0.4) is 0 Å². The minimum atomic E-state index is -0.384. The van der Waals surface area contributed by atoms with Gasteiger partial charge in [-0.05, 0) is 49.4 Å². The average molecular weight is 292 g/mol. The van der Waals surface area contributed by atoms with E-state index in [1.165, 1.54) is 31.3 Å². The molecule has 4 aliphatic rings. The Bertz CT molecular complexity index is 440. The standard InChI is InChI=1S/C18H28O3/c1-12-10-15(19)14-4-3-5-17(11-13(12)2)6-7-18(16(14)17)20-8-9-21-18/h13-16,19H,1,3-11H2,2H3/t13-,14?,15+,16?,17?/m0/s1. The van der Waals surface area contributed by atoms with E-state index in [0.29, 0.717) is 23.2 Å². The topological polar surface area (TPSA) is 38.7 Å². The van der Waals surface area contributed by atoms with Gasteiger partial charge >= 0.3 is 0 Å². The lowest BCUT2D eigenvalue weighted by molar-refractivity contribution is -0.227. The third-order valence-electron chi connectivity index (χ3n) is 6.90. The summed E-state index contributed by atoms with van der Waals surface area (Å²) in [6.45, 7) is 7.98. The van der Waals surface area contributed by atoms with Crippen molar-refractivity contribution in [3.8, 4) is 0 Å². The highest BCUT2D eigenvalue weighted by molar-refractivity contribution is 5.15. The highest BCUT2D eigenvalue weighted by atomic mass is 16.7. The molecule has 1 saturated heterocycles. The molecular weight excluding hydrogens is 264 g/mol. The lowest BCUT2D eigenvalue weighted by Crippen LogP contribution is -2.52. The van der Waals surface area contributed by atoms with E-state index in [-0.39, 0.29) is 11.9 Å². The van der Waals surface area contributed by atoms with E-state index in [9.17, 15) is 5.11 Å². The minimum Gasteiger partial charge on any atom is -0.392 e. The summed E-state index contributed by atoms with van der Waals surface area (Å²) in [7, 11) is 0. The Balaban J connectivity index is 1.77. The van der Waals surface area contributed by atoms with Crippen LogP contribution in [0, 0.1) is 23.2 Å². The number of hydrogen-bond donors (Lipinski definition) is 1. The summed E-state index contributed by atoms with van der Waals surface area (Å²) in [5.74, 6) is 0.818. The number of aliphatic hydroxyl groups excluding tert-OH is 1. The fraction of sp³-hybridized carbons (Fsp3) is 0.889. The van der Waals surface area contributed by atoms with Crippen molar-refractivity contribution < 1.29 is 14.6 Å². The fourth-order valence-electron chi connectivity index (χ4n) is 6.03. The maximum absolute atomic E-state index is 10.8. The third kappa shape index (κ3) is 1.97. The van der Waals surface area contributed by atoms with Gasteiger partial charge in [0.1, 0.15) is 0 Å². The van der Waals surface area contributed by atoms with Gasteiger partial charge in [0.25, 0.3) is 0 Å². The highest BCUT2D eigenvalue weighted by Gasteiger charge is 2.64. The van der Waals surface area contributed by atoms with E-state index < -0.39 is 0 Å². The van der Waals surface area contributed by atoms with E-state index in [4.69, 9.17) is 9.47 Å². The van der Waals surface area contributed by atoms with Gasteiger partial charge in [0.2, 0.25) is 0 Å². The first-order valence-corrected chi connectivity index (χ1v) is 8.70. The van der Waals surface area contributed by atoms with Crippen molar-refractivity contribution in [2.24, 2.45) is 23.2 Å².